The molecule has 2 aliphatic heterocycles. The van der Waals surface area contributed by atoms with Gasteiger partial charge in [-0.3, -0.25) is 9.80 Å². The summed E-state index contributed by atoms with van der Waals surface area (Å²) in [6.07, 6.45) is 3.60. The number of nitrogens with zero attached hydrogens (tertiary/aromatic N) is 5. The van der Waals surface area contributed by atoms with Crippen molar-refractivity contribution in [3.8, 4) is 11.8 Å². The second-order valence-electron chi connectivity index (χ2n) is 8.62. The number of hydrogen-bond acceptors (Lipinski definition) is 6. The minimum absolute atomic E-state index is 0.213. The molecule has 3 heterocycles. The highest BCUT2D eigenvalue weighted by atomic mass is 19.1. The lowest BCUT2D eigenvalue weighted by atomic mass is 10.1. The summed E-state index contributed by atoms with van der Waals surface area (Å²) in [6.45, 7) is 11.9. The zero-order valence-corrected chi connectivity index (χ0v) is 18.6. The van der Waals surface area contributed by atoms with Crippen LogP contribution >= 0.6 is 0 Å². The number of fused-ring (bicyclic) bond motifs is 1. The molecule has 0 amide bonds. The minimum atomic E-state index is -0.262. The molecule has 4 rings (SSSR count). The van der Waals surface area contributed by atoms with Gasteiger partial charge in [-0.1, -0.05) is 11.8 Å². The number of hydrogen-bond donors (Lipinski definition) is 0. The van der Waals surface area contributed by atoms with Gasteiger partial charge in [-0.05, 0) is 44.9 Å². The number of anilines is 1. The van der Waals surface area contributed by atoms with Crippen molar-refractivity contribution in [3.05, 3.63) is 30.3 Å². The van der Waals surface area contributed by atoms with Crippen LogP contribution in [0.4, 0.5) is 10.2 Å². The molecule has 0 unspecified atom stereocenters. The van der Waals surface area contributed by atoms with E-state index in [1.54, 1.807) is 12.4 Å². The van der Waals surface area contributed by atoms with Crippen LogP contribution in [0.2, 0.25) is 0 Å². The van der Waals surface area contributed by atoms with Crippen molar-refractivity contribution in [1.82, 2.24) is 19.8 Å². The summed E-state index contributed by atoms with van der Waals surface area (Å²) in [6, 6.07) is 5.29. The first-order chi connectivity index (χ1) is 15.1. The first-order valence-electron chi connectivity index (χ1n) is 11.3. The average molecular weight is 426 g/mol. The van der Waals surface area contributed by atoms with E-state index in [1.807, 2.05) is 0 Å². The number of ether oxygens (including phenoxy) is 1. The van der Waals surface area contributed by atoms with Crippen molar-refractivity contribution in [1.29, 1.82) is 0 Å². The van der Waals surface area contributed by atoms with Gasteiger partial charge in [-0.25, -0.2) is 14.4 Å². The summed E-state index contributed by atoms with van der Waals surface area (Å²) in [4.78, 5) is 15.8. The van der Waals surface area contributed by atoms with Crippen LogP contribution in [0.1, 0.15) is 26.7 Å². The summed E-state index contributed by atoms with van der Waals surface area (Å²) in [5.41, 5.74) is 0.769. The predicted molar refractivity (Wildman–Crippen MR) is 122 cm³/mol. The molecule has 2 aliphatic rings. The molecule has 1 aromatic heterocycles. The third-order valence-electron chi connectivity index (χ3n) is 6.27. The fourth-order valence-electron chi connectivity index (χ4n) is 4.32. The number of aromatic nitrogens is 2. The van der Waals surface area contributed by atoms with Crippen molar-refractivity contribution < 1.29 is 9.13 Å². The molecule has 7 heteroatoms. The van der Waals surface area contributed by atoms with Crippen LogP contribution in [-0.4, -0.2) is 84.3 Å². The number of benzene rings is 1. The fraction of sp³-hybridized carbons (Fsp3) is 0.583. The lowest BCUT2D eigenvalue weighted by Gasteiger charge is -2.36. The molecule has 0 bridgehead atoms. The Morgan fingerprint density at radius 1 is 1.06 bits per heavy atom. The van der Waals surface area contributed by atoms with Gasteiger partial charge in [0.25, 0.3) is 0 Å². The molecule has 0 aliphatic carbocycles. The third-order valence-corrected chi connectivity index (χ3v) is 6.27. The molecule has 2 fully saturated rings. The molecule has 2 saturated heterocycles. The number of piperazine rings is 1. The van der Waals surface area contributed by atoms with Gasteiger partial charge < -0.3 is 9.64 Å². The topological polar surface area (TPSA) is 44.7 Å². The van der Waals surface area contributed by atoms with Crippen LogP contribution < -0.4 is 4.90 Å². The Balaban J connectivity index is 1.20. The van der Waals surface area contributed by atoms with Gasteiger partial charge in [0.2, 0.25) is 0 Å². The predicted octanol–water partition coefficient (Wildman–Crippen LogP) is 2.78. The van der Waals surface area contributed by atoms with E-state index in [4.69, 9.17) is 4.74 Å². The van der Waals surface area contributed by atoms with Gasteiger partial charge in [-0.15, -0.1) is 0 Å². The minimum Gasteiger partial charge on any atom is -0.365 e. The Morgan fingerprint density at radius 2 is 1.84 bits per heavy atom. The molecule has 0 radical (unpaired) electrons. The molecular formula is C24H32FN5O. The number of rotatable bonds is 5. The Bertz CT molecular complexity index is 924. The molecule has 0 atom stereocenters. The van der Waals surface area contributed by atoms with E-state index < -0.39 is 0 Å². The van der Waals surface area contributed by atoms with Crippen molar-refractivity contribution in [2.24, 2.45) is 0 Å². The number of halogens is 1. The lowest BCUT2D eigenvalue weighted by molar-refractivity contribution is 0.0593. The first-order valence-corrected chi connectivity index (χ1v) is 11.3. The van der Waals surface area contributed by atoms with Crippen molar-refractivity contribution in [3.63, 3.8) is 0 Å². The van der Waals surface area contributed by atoms with Crippen molar-refractivity contribution in [2.45, 2.75) is 38.8 Å². The smallest absolute Gasteiger partial charge is 0.139 e. The van der Waals surface area contributed by atoms with E-state index in [9.17, 15) is 4.39 Å². The monoisotopic (exact) mass is 425 g/mol. The zero-order valence-electron chi connectivity index (χ0n) is 18.6. The van der Waals surface area contributed by atoms with Gasteiger partial charge in [0.15, 0.2) is 0 Å². The molecule has 166 valence electrons. The third kappa shape index (κ3) is 5.70. The maximum Gasteiger partial charge on any atom is 0.139 e. The molecule has 1 aromatic carbocycles. The van der Waals surface area contributed by atoms with Gasteiger partial charge in [-0.2, -0.15) is 0 Å². The van der Waals surface area contributed by atoms with E-state index in [-0.39, 0.29) is 11.9 Å². The van der Waals surface area contributed by atoms with E-state index >= 15 is 0 Å². The van der Waals surface area contributed by atoms with Gasteiger partial charge in [0.1, 0.15) is 24.6 Å². The molecule has 0 spiro atoms. The standard InChI is InChI=1S/C24H32FN5O/c1-19(2)29-14-12-28(13-15-29)9-3-4-16-31-21-7-10-30(11-8-21)24-22-17-20(25)5-6-23(22)26-18-27-24/h5-6,17-19,21H,7-16H2,1-2H3. The van der Waals surface area contributed by atoms with Gasteiger partial charge >= 0.3 is 0 Å². The second-order valence-corrected chi connectivity index (χ2v) is 8.62. The Kier molecular flexibility index (Phi) is 7.33. The normalized spacial score (nSPS) is 19.0. The SMILES string of the molecule is CC(C)N1CCN(CC#CCOC2CCN(c3ncnc4ccc(F)cc34)CC2)CC1. The van der Waals surface area contributed by atoms with E-state index in [0.717, 1.165) is 75.4 Å². The second kappa shape index (κ2) is 10.4. The maximum absolute atomic E-state index is 13.7. The Hall–Kier alpha value is -2.27. The number of piperidine rings is 1. The molecule has 0 N–H and O–H groups in total. The lowest BCUT2D eigenvalue weighted by Crippen LogP contribution is -2.48. The summed E-state index contributed by atoms with van der Waals surface area (Å²) >= 11 is 0. The van der Waals surface area contributed by atoms with Gasteiger partial charge in [0, 0.05) is 50.7 Å². The summed E-state index contributed by atoms with van der Waals surface area (Å²) in [5, 5.41) is 0.766. The van der Waals surface area contributed by atoms with Crippen LogP contribution in [0, 0.1) is 17.7 Å². The van der Waals surface area contributed by atoms with Crippen LogP contribution in [0.3, 0.4) is 0 Å². The van der Waals surface area contributed by atoms with E-state index in [0.29, 0.717) is 12.6 Å². The van der Waals surface area contributed by atoms with Crippen molar-refractivity contribution in [2.75, 3.05) is 57.3 Å². The Morgan fingerprint density at radius 3 is 2.58 bits per heavy atom. The zero-order chi connectivity index (χ0) is 21.6. The summed E-state index contributed by atoms with van der Waals surface area (Å²) in [7, 11) is 0. The molecule has 2 aromatic rings. The molecule has 31 heavy (non-hydrogen) atoms. The molecule has 0 saturated carbocycles. The summed E-state index contributed by atoms with van der Waals surface area (Å²) < 4.78 is 19.7. The summed E-state index contributed by atoms with van der Waals surface area (Å²) in [5.74, 6) is 7.00. The van der Waals surface area contributed by atoms with Gasteiger partial charge in [0.05, 0.1) is 18.2 Å². The molecule has 6 nitrogen and oxygen atoms in total. The first kappa shape index (κ1) is 21.9. The van der Waals surface area contributed by atoms with Crippen LogP contribution in [-0.2, 0) is 4.74 Å². The maximum atomic E-state index is 13.7. The fourth-order valence-corrected chi connectivity index (χ4v) is 4.32. The highest BCUT2D eigenvalue weighted by Gasteiger charge is 2.22. The van der Waals surface area contributed by atoms with Crippen LogP contribution in [0.15, 0.2) is 24.5 Å². The van der Waals surface area contributed by atoms with Crippen LogP contribution in [0.25, 0.3) is 10.9 Å². The Labute approximate surface area is 184 Å². The highest BCUT2D eigenvalue weighted by molar-refractivity contribution is 5.89. The van der Waals surface area contributed by atoms with Crippen molar-refractivity contribution >= 4 is 16.7 Å². The highest BCUT2D eigenvalue weighted by Crippen LogP contribution is 2.26. The van der Waals surface area contributed by atoms with E-state index in [2.05, 4.69) is 50.4 Å². The van der Waals surface area contributed by atoms with Crippen LogP contribution in [0.5, 0.6) is 0 Å². The largest absolute Gasteiger partial charge is 0.365 e. The molecular weight excluding hydrogens is 393 g/mol. The average Bonchev–Trinajstić information content (AvgIpc) is 2.79. The quantitative estimate of drug-likeness (QED) is 0.687. The van der Waals surface area contributed by atoms with E-state index in [1.165, 1.54) is 12.1 Å².